The number of rotatable bonds is 6. The number of ether oxygens (including phenoxy) is 3. The Morgan fingerprint density at radius 1 is 1.00 bits per heavy atom. The zero-order valence-corrected chi connectivity index (χ0v) is 16.8. The van der Waals surface area contributed by atoms with Crippen LogP contribution < -0.4 is 20.1 Å². The highest BCUT2D eigenvalue weighted by atomic mass is 16.5. The lowest BCUT2D eigenvalue weighted by Crippen LogP contribution is -2.45. The molecule has 29 heavy (non-hydrogen) atoms. The zero-order valence-electron chi connectivity index (χ0n) is 16.8. The fourth-order valence-corrected chi connectivity index (χ4v) is 3.27. The molecule has 0 aromatic heterocycles. The molecular weight excluding hydrogens is 372 g/mol. The van der Waals surface area contributed by atoms with Crippen molar-refractivity contribution < 1.29 is 23.8 Å². The highest BCUT2D eigenvalue weighted by Crippen LogP contribution is 2.40. The predicted molar refractivity (Wildman–Crippen MR) is 109 cm³/mol. The number of carbonyl (C=O) groups excluding carboxylic acids is 2. The Kier molecular flexibility index (Phi) is 6.07. The van der Waals surface area contributed by atoms with Crippen LogP contribution in [0.1, 0.15) is 31.0 Å². The molecule has 7 heteroatoms. The van der Waals surface area contributed by atoms with Crippen LogP contribution in [0, 0.1) is 0 Å². The first-order valence-corrected chi connectivity index (χ1v) is 9.25. The van der Waals surface area contributed by atoms with Crippen molar-refractivity contribution in [1.82, 2.24) is 10.6 Å². The number of esters is 1. The molecule has 2 N–H and O–H groups in total. The van der Waals surface area contributed by atoms with E-state index < -0.39 is 18.0 Å². The third-order valence-electron chi connectivity index (χ3n) is 4.44. The number of amides is 2. The standard InChI is InChI=1S/C22H24N2O5/c1-13(2)29-21(25)17-18(14-9-6-5-7-10-14)23-22(26)24-19(17)15-11-8-12-16(27-3)20(15)28-4/h5-13,19H,1-4H3,(H2,23,24,26). The Morgan fingerprint density at radius 2 is 1.72 bits per heavy atom. The molecule has 3 rings (SSSR count). The topological polar surface area (TPSA) is 85.9 Å². The normalized spacial score (nSPS) is 16.2. The number of hydrogen-bond donors (Lipinski definition) is 2. The molecule has 2 amide bonds. The number of nitrogens with one attached hydrogen (secondary N) is 2. The van der Waals surface area contributed by atoms with Crippen LogP contribution >= 0.6 is 0 Å². The van der Waals surface area contributed by atoms with Gasteiger partial charge in [-0.25, -0.2) is 9.59 Å². The Labute approximate surface area is 169 Å². The molecule has 1 heterocycles. The molecule has 1 aliphatic rings. The van der Waals surface area contributed by atoms with Gasteiger partial charge in [-0.2, -0.15) is 0 Å². The quantitative estimate of drug-likeness (QED) is 0.731. The summed E-state index contributed by atoms with van der Waals surface area (Å²) in [5.41, 5.74) is 1.97. The molecule has 0 bridgehead atoms. The van der Waals surface area contributed by atoms with Gasteiger partial charge in [0.1, 0.15) is 0 Å². The van der Waals surface area contributed by atoms with Crippen molar-refractivity contribution in [3.05, 3.63) is 65.2 Å². The predicted octanol–water partition coefficient (Wildman–Crippen LogP) is 3.42. The third kappa shape index (κ3) is 4.18. The molecule has 2 aromatic rings. The van der Waals surface area contributed by atoms with Crippen molar-refractivity contribution in [1.29, 1.82) is 0 Å². The summed E-state index contributed by atoms with van der Waals surface area (Å²) in [4.78, 5) is 25.6. The number of urea groups is 1. The zero-order chi connectivity index (χ0) is 21.0. The summed E-state index contributed by atoms with van der Waals surface area (Å²) in [6, 6.07) is 13.3. The minimum Gasteiger partial charge on any atom is -0.493 e. The second-order valence-corrected chi connectivity index (χ2v) is 6.72. The van der Waals surface area contributed by atoms with Gasteiger partial charge in [0.15, 0.2) is 11.5 Å². The molecule has 0 spiro atoms. The van der Waals surface area contributed by atoms with Gasteiger partial charge in [0, 0.05) is 5.56 Å². The van der Waals surface area contributed by atoms with E-state index in [1.165, 1.54) is 14.2 Å². The summed E-state index contributed by atoms with van der Waals surface area (Å²) in [5, 5.41) is 5.58. The number of para-hydroxylation sites is 1. The number of benzene rings is 2. The van der Waals surface area contributed by atoms with E-state index >= 15 is 0 Å². The lowest BCUT2D eigenvalue weighted by Gasteiger charge is -2.31. The van der Waals surface area contributed by atoms with Crippen LogP contribution in [0.4, 0.5) is 4.79 Å². The summed E-state index contributed by atoms with van der Waals surface area (Å²) < 4.78 is 16.4. The van der Waals surface area contributed by atoms with E-state index in [9.17, 15) is 9.59 Å². The van der Waals surface area contributed by atoms with Gasteiger partial charge in [-0.15, -0.1) is 0 Å². The molecular formula is C22H24N2O5. The maximum absolute atomic E-state index is 13.1. The molecule has 0 saturated carbocycles. The monoisotopic (exact) mass is 396 g/mol. The fourth-order valence-electron chi connectivity index (χ4n) is 3.27. The third-order valence-corrected chi connectivity index (χ3v) is 4.44. The Hall–Kier alpha value is -3.48. The molecule has 0 saturated heterocycles. The van der Waals surface area contributed by atoms with Gasteiger partial charge >= 0.3 is 12.0 Å². The lowest BCUT2D eigenvalue weighted by molar-refractivity contribution is -0.143. The Balaban J connectivity index is 2.24. The minimum atomic E-state index is -0.782. The summed E-state index contributed by atoms with van der Waals surface area (Å²) in [5.74, 6) is 0.404. The van der Waals surface area contributed by atoms with Gasteiger partial charge in [-0.05, 0) is 25.5 Å². The molecule has 1 unspecified atom stereocenters. The van der Waals surface area contributed by atoms with Crippen molar-refractivity contribution in [3.63, 3.8) is 0 Å². The van der Waals surface area contributed by atoms with Gasteiger partial charge in [0.05, 0.1) is 37.6 Å². The van der Waals surface area contributed by atoms with Crippen LogP contribution in [-0.2, 0) is 9.53 Å². The van der Waals surface area contributed by atoms with Gasteiger partial charge in [-0.1, -0.05) is 42.5 Å². The summed E-state index contributed by atoms with van der Waals surface area (Å²) in [6.07, 6.45) is -0.322. The molecule has 0 radical (unpaired) electrons. The van der Waals surface area contributed by atoms with E-state index in [1.54, 1.807) is 32.0 Å². The molecule has 1 atom stereocenters. The van der Waals surface area contributed by atoms with Gasteiger partial charge < -0.3 is 24.8 Å². The summed E-state index contributed by atoms with van der Waals surface area (Å²) in [7, 11) is 3.04. The van der Waals surface area contributed by atoms with Crippen molar-refractivity contribution in [3.8, 4) is 11.5 Å². The van der Waals surface area contributed by atoms with Crippen LogP contribution in [0.3, 0.4) is 0 Å². The van der Waals surface area contributed by atoms with E-state index in [4.69, 9.17) is 14.2 Å². The summed E-state index contributed by atoms with van der Waals surface area (Å²) in [6.45, 7) is 3.55. The van der Waals surface area contributed by atoms with Crippen LogP contribution in [0.15, 0.2) is 54.1 Å². The molecule has 0 fully saturated rings. The van der Waals surface area contributed by atoms with Crippen LogP contribution in [-0.4, -0.2) is 32.3 Å². The lowest BCUT2D eigenvalue weighted by atomic mass is 9.92. The number of carbonyl (C=O) groups is 2. The van der Waals surface area contributed by atoms with Crippen molar-refractivity contribution in [2.75, 3.05) is 14.2 Å². The van der Waals surface area contributed by atoms with Crippen molar-refractivity contribution >= 4 is 17.7 Å². The van der Waals surface area contributed by atoms with E-state index in [0.29, 0.717) is 28.3 Å². The van der Waals surface area contributed by atoms with Crippen LogP contribution in [0.25, 0.3) is 5.70 Å². The van der Waals surface area contributed by atoms with E-state index in [0.717, 1.165) is 0 Å². The first kappa shape index (κ1) is 20.3. The van der Waals surface area contributed by atoms with Gasteiger partial charge in [-0.3, -0.25) is 0 Å². The molecule has 0 aliphatic carbocycles. The average Bonchev–Trinajstić information content (AvgIpc) is 2.72. The highest BCUT2D eigenvalue weighted by molar-refractivity contribution is 6.04. The largest absolute Gasteiger partial charge is 0.493 e. The Bertz CT molecular complexity index is 937. The maximum atomic E-state index is 13.1. The minimum absolute atomic E-state index is 0.288. The molecule has 7 nitrogen and oxygen atoms in total. The SMILES string of the molecule is COc1cccc(C2NC(=O)NC(c3ccccc3)=C2C(=O)OC(C)C)c1OC. The maximum Gasteiger partial charge on any atom is 0.338 e. The summed E-state index contributed by atoms with van der Waals surface area (Å²) >= 11 is 0. The molecule has 2 aromatic carbocycles. The van der Waals surface area contributed by atoms with E-state index in [1.807, 2.05) is 30.3 Å². The second-order valence-electron chi connectivity index (χ2n) is 6.72. The smallest absolute Gasteiger partial charge is 0.338 e. The van der Waals surface area contributed by atoms with Crippen molar-refractivity contribution in [2.24, 2.45) is 0 Å². The van der Waals surface area contributed by atoms with E-state index in [-0.39, 0.29) is 11.7 Å². The highest BCUT2D eigenvalue weighted by Gasteiger charge is 2.36. The second kappa shape index (κ2) is 8.68. The fraction of sp³-hybridized carbons (Fsp3) is 0.273. The van der Waals surface area contributed by atoms with Crippen molar-refractivity contribution in [2.45, 2.75) is 26.0 Å². The van der Waals surface area contributed by atoms with Crippen LogP contribution in [0.5, 0.6) is 11.5 Å². The van der Waals surface area contributed by atoms with Crippen LogP contribution in [0.2, 0.25) is 0 Å². The number of hydrogen-bond acceptors (Lipinski definition) is 5. The van der Waals surface area contributed by atoms with E-state index in [2.05, 4.69) is 10.6 Å². The average molecular weight is 396 g/mol. The van der Waals surface area contributed by atoms with Gasteiger partial charge in [0.2, 0.25) is 0 Å². The first-order valence-electron chi connectivity index (χ1n) is 9.25. The Morgan fingerprint density at radius 3 is 2.34 bits per heavy atom. The molecule has 152 valence electrons. The molecule has 1 aliphatic heterocycles. The van der Waals surface area contributed by atoms with Gasteiger partial charge in [0.25, 0.3) is 0 Å². The number of methoxy groups -OCH3 is 2. The first-order chi connectivity index (χ1) is 14.0.